The van der Waals surface area contributed by atoms with Gasteiger partial charge in [-0.2, -0.15) is 4.72 Å². The minimum absolute atomic E-state index is 0.0326. The quantitative estimate of drug-likeness (QED) is 0.804. The molecular weight excluding hydrogens is 306 g/mol. The fraction of sp³-hybridized carbons (Fsp3) is 0.571. The van der Waals surface area contributed by atoms with Crippen LogP contribution in [0.3, 0.4) is 0 Å². The molecule has 1 fully saturated rings. The molecule has 0 saturated carbocycles. The van der Waals surface area contributed by atoms with E-state index in [0.29, 0.717) is 5.92 Å². The van der Waals surface area contributed by atoms with Crippen molar-refractivity contribution in [3.63, 3.8) is 0 Å². The van der Waals surface area contributed by atoms with Gasteiger partial charge in [0.15, 0.2) is 0 Å². The van der Waals surface area contributed by atoms with Crippen LogP contribution in [0.4, 0.5) is 5.82 Å². The zero-order chi connectivity index (χ0) is 16.2. The van der Waals surface area contributed by atoms with E-state index in [0.717, 1.165) is 25.3 Å². The molecule has 122 valence electrons. The number of carbonyl (C=O) groups is 1. The van der Waals surface area contributed by atoms with E-state index in [1.807, 2.05) is 0 Å². The first-order valence-corrected chi connectivity index (χ1v) is 8.68. The van der Waals surface area contributed by atoms with Gasteiger partial charge in [0.1, 0.15) is 17.3 Å². The molecule has 2 heterocycles. The minimum atomic E-state index is -3.76. The third kappa shape index (κ3) is 4.17. The van der Waals surface area contributed by atoms with Crippen molar-refractivity contribution in [2.45, 2.75) is 24.7 Å². The first-order chi connectivity index (χ1) is 10.4. The van der Waals surface area contributed by atoms with Gasteiger partial charge in [0.25, 0.3) is 0 Å². The lowest BCUT2D eigenvalue weighted by atomic mass is 10.0. The molecule has 1 N–H and O–H groups in total. The number of nitrogens with zero attached hydrogens (tertiary/aromatic N) is 2. The summed E-state index contributed by atoms with van der Waals surface area (Å²) < 4.78 is 30.6. The Bertz CT molecular complexity index is 615. The summed E-state index contributed by atoms with van der Waals surface area (Å²) in [5.41, 5.74) is 0. The van der Waals surface area contributed by atoms with E-state index in [-0.39, 0.29) is 4.90 Å². The Morgan fingerprint density at radius 2 is 2.27 bits per heavy atom. The number of piperidine rings is 1. The molecule has 7 nitrogen and oxygen atoms in total. The SMILES string of the molecule is COC(=O)CNS(=O)(=O)c1ccc(N2CCC[C@@H](C)C2)nc1. The summed E-state index contributed by atoms with van der Waals surface area (Å²) in [6.07, 6.45) is 3.64. The Balaban J connectivity index is 2.06. The first kappa shape index (κ1) is 16.7. The Morgan fingerprint density at radius 3 is 2.86 bits per heavy atom. The highest BCUT2D eigenvalue weighted by molar-refractivity contribution is 7.89. The molecular formula is C14H21N3O4S. The molecule has 1 aromatic rings. The molecule has 0 amide bonds. The number of sulfonamides is 1. The standard InChI is InChI=1S/C14H21N3O4S/c1-11-4-3-7-17(10-11)13-6-5-12(8-15-13)22(19,20)16-9-14(18)21-2/h5-6,8,11,16H,3-4,7,9-10H2,1-2H3/t11-/m1/s1. The summed E-state index contributed by atoms with van der Waals surface area (Å²) in [4.78, 5) is 17.4. The number of ether oxygens (including phenoxy) is 1. The smallest absolute Gasteiger partial charge is 0.320 e. The van der Waals surface area contributed by atoms with Gasteiger partial charge in [-0.3, -0.25) is 4.79 Å². The lowest BCUT2D eigenvalue weighted by molar-refractivity contribution is -0.139. The Labute approximate surface area is 130 Å². The minimum Gasteiger partial charge on any atom is -0.468 e. The predicted molar refractivity (Wildman–Crippen MR) is 82.1 cm³/mol. The number of anilines is 1. The van der Waals surface area contributed by atoms with E-state index in [4.69, 9.17) is 0 Å². The number of rotatable bonds is 5. The van der Waals surface area contributed by atoms with Gasteiger partial charge in [0.05, 0.1) is 7.11 Å². The van der Waals surface area contributed by atoms with Crippen LogP contribution in [-0.2, 0) is 19.6 Å². The van der Waals surface area contributed by atoms with E-state index < -0.39 is 22.5 Å². The molecule has 0 bridgehead atoms. The lowest BCUT2D eigenvalue weighted by Crippen LogP contribution is -2.35. The van der Waals surface area contributed by atoms with Crippen molar-refractivity contribution in [1.82, 2.24) is 9.71 Å². The van der Waals surface area contributed by atoms with Crippen LogP contribution in [0.25, 0.3) is 0 Å². The predicted octanol–water partition coefficient (Wildman–Crippen LogP) is 0.769. The second-order valence-electron chi connectivity index (χ2n) is 5.45. The van der Waals surface area contributed by atoms with Crippen molar-refractivity contribution in [3.05, 3.63) is 18.3 Å². The van der Waals surface area contributed by atoms with Gasteiger partial charge < -0.3 is 9.64 Å². The number of methoxy groups -OCH3 is 1. The van der Waals surface area contributed by atoms with E-state index in [2.05, 4.69) is 26.3 Å². The van der Waals surface area contributed by atoms with Crippen molar-refractivity contribution < 1.29 is 17.9 Å². The number of aromatic nitrogens is 1. The average molecular weight is 327 g/mol. The van der Waals surface area contributed by atoms with Crippen LogP contribution in [0.1, 0.15) is 19.8 Å². The maximum atomic E-state index is 12.0. The van der Waals surface area contributed by atoms with Crippen molar-refractivity contribution in [2.24, 2.45) is 5.92 Å². The van der Waals surface area contributed by atoms with E-state index in [1.54, 1.807) is 6.07 Å². The fourth-order valence-electron chi connectivity index (χ4n) is 2.43. The number of pyridine rings is 1. The summed E-state index contributed by atoms with van der Waals surface area (Å²) in [6, 6.07) is 3.20. The summed E-state index contributed by atoms with van der Waals surface area (Å²) in [7, 11) is -2.55. The largest absolute Gasteiger partial charge is 0.468 e. The van der Waals surface area contributed by atoms with E-state index >= 15 is 0 Å². The third-order valence-corrected chi connectivity index (χ3v) is 5.03. The Hall–Kier alpha value is -1.67. The second kappa shape index (κ2) is 7.06. The highest BCUT2D eigenvalue weighted by Crippen LogP contribution is 2.21. The van der Waals surface area contributed by atoms with Crippen LogP contribution in [-0.4, -0.2) is 46.1 Å². The molecule has 1 aliphatic rings. The number of carbonyl (C=O) groups excluding carboxylic acids is 1. The molecule has 1 aromatic heterocycles. The van der Waals surface area contributed by atoms with Crippen LogP contribution in [0.15, 0.2) is 23.2 Å². The molecule has 0 aliphatic carbocycles. The summed E-state index contributed by atoms with van der Waals surface area (Å²) in [5, 5.41) is 0. The van der Waals surface area contributed by atoms with Crippen LogP contribution >= 0.6 is 0 Å². The van der Waals surface area contributed by atoms with Gasteiger partial charge >= 0.3 is 5.97 Å². The normalized spacial score (nSPS) is 19.0. The van der Waals surface area contributed by atoms with E-state index in [1.165, 1.54) is 25.8 Å². The molecule has 0 spiro atoms. The topological polar surface area (TPSA) is 88.6 Å². The number of hydrogen-bond acceptors (Lipinski definition) is 6. The maximum absolute atomic E-state index is 12.0. The number of hydrogen-bond donors (Lipinski definition) is 1. The Morgan fingerprint density at radius 1 is 1.50 bits per heavy atom. The van der Waals surface area contributed by atoms with Gasteiger partial charge in [-0.1, -0.05) is 6.92 Å². The van der Waals surface area contributed by atoms with Crippen molar-refractivity contribution >= 4 is 21.8 Å². The van der Waals surface area contributed by atoms with Crippen LogP contribution in [0.2, 0.25) is 0 Å². The molecule has 8 heteroatoms. The van der Waals surface area contributed by atoms with Gasteiger partial charge in [0.2, 0.25) is 10.0 Å². The molecule has 22 heavy (non-hydrogen) atoms. The van der Waals surface area contributed by atoms with Crippen LogP contribution < -0.4 is 9.62 Å². The maximum Gasteiger partial charge on any atom is 0.320 e. The molecule has 0 unspecified atom stereocenters. The molecule has 0 aromatic carbocycles. The van der Waals surface area contributed by atoms with E-state index in [9.17, 15) is 13.2 Å². The summed E-state index contributed by atoms with van der Waals surface area (Å²) in [5.74, 6) is 0.745. The zero-order valence-electron chi connectivity index (χ0n) is 12.8. The Kier molecular flexibility index (Phi) is 5.36. The number of esters is 1. The van der Waals surface area contributed by atoms with Crippen molar-refractivity contribution in [2.75, 3.05) is 31.6 Å². The molecule has 1 aliphatic heterocycles. The molecule has 2 rings (SSSR count). The summed E-state index contributed by atoms with van der Waals surface area (Å²) in [6.45, 7) is 3.66. The van der Waals surface area contributed by atoms with Crippen LogP contribution in [0, 0.1) is 5.92 Å². The highest BCUT2D eigenvalue weighted by Gasteiger charge is 2.20. The average Bonchev–Trinajstić information content (AvgIpc) is 2.53. The van der Waals surface area contributed by atoms with Gasteiger partial charge in [-0.05, 0) is 30.9 Å². The molecule has 1 atom stereocenters. The third-order valence-electron chi connectivity index (χ3n) is 3.65. The van der Waals surface area contributed by atoms with Crippen molar-refractivity contribution in [1.29, 1.82) is 0 Å². The number of nitrogens with one attached hydrogen (secondary N) is 1. The first-order valence-electron chi connectivity index (χ1n) is 7.20. The fourth-order valence-corrected chi connectivity index (χ4v) is 3.34. The second-order valence-corrected chi connectivity index (χ2v) is 7.21. The lowest BCUT2D eigenvalue weighted by Gasteiger charge is -2.31. The highest BCUT2D eigenvalue weighted by atomic mass is 32.2. The molecule has 1 saturated heterocycles. The van der Waals surface area contributed by atoms with Crippen LogP contribution in [0.5, 0.6) is 0 Å². The monoisotopic (exact) mass is 327 g/mol. The van der Waals surface area contributed by atoms with Gasteiger partial charge in [-0.25, -0.2) is 13.4 Å². The van der Waals surface area contributed by atoms with Gasteiger partial charge in [-0.15, -0.1) is 0 Å². The van der Waals surface area contributed by atoms with Crippen molar-refractivity contribution in [3.8, 4) is 0 Å². The van der Waals surface area contributed by atoms with Gasteiger partial charge in [0, 0.05) is 19.3 Å². The summed E-state index contributed by atoms with van der Waals surface area (Å²) >= 11 is 0. The molecule has 0 radical (unpaired) electrons. The zero-order valence-corrected chi connectivity index (χ0v) is 13.6.